The summed E-state index contributed by atoms with van der Waals surface area (Å²) < 4.78 is 32.2. The average Bonchev–Trinajstić information content (AvgIpc) is 2.88. The van der Waals surface area contributed by atoms with Gasteiger partial charge in [0.25, 0.3) is 0 Å². The van der Waals surface area contributed by atoms with Gasteiger partial charge in [-0.05, 0) is 24.1 Å². The monoisotopic (exact) mass is 335 g/mol. The van der Waals surface area contributed by atoms with E-state index in [1.165, 1.54) is 6.07 Å². The molecule has 0 bridgehead atoms. The van der Waals surface area contributed by atoms with E-state index in [1.807, 2.05) is 0 Å². The molecule has 3 aromatic rings. The lowest BCUT2D eigenvalue weighted by Crippen LogP contribution is -2.17. The summed E-state index contributed by atoms with van der Waals surface area (Å²) in [7, 11) is 0. The van der Waals surface area contributed by atoms with Gasteiger partial charge in [0.15, 0.2) is 11.6 Å². The minimum Gasteiger partial charge on any atom is -0.862 e. The number of halogens is 2. The lowest BCUT2D eigenvalue weighted by molar-refractivity contribution is -0.219. The van der Waals surface area contributed by atoms with Crippen LogP contribution >= 0.6 is 11.3 Å². The third-order valence-electron chi connectivity index (χ3n) is 2.89. The van der Waals surface area contributed by atoms with Crippen molar-refractivity contribution in [3.63, 3.8) is 0 Å². The van der Waals surface area contributed by atoms with Crippen molar-refractivity contribution in [2.24, 2.45) is 0 Å². The fourth-order valence-electron chi connectivity index (χ4n) is 1.86. The molecular weight excluding hydrogens is 326 g/mol. The lowest BCUT2D eigenvalue weighted by Gasteiger charge is -2.07. The summed E-state index contributed by atoms with van der Waals surface area (Å²) in [6.07, 6.45) is -0.0969. The van der Waals surface area contributed by atoms with Gasteiger partial charge in [0.1, 0.15) is 26.9 Å². The predicted molar refractivity (Wildman–Crippen MR) is 79.7 cm³/mol. The van der Waals surface area contributed by atoms with Crippen LogP contribution in [0.4, 0.5) is 14.5 Å². The summed E-state index contributed by atoms with van der Waals surface area (Å²) in [5.74, 6) is -2.79. The maximum atomic E-state index is 13.8. The Morgan fingerprint density at radius 1 is 1.26 bits per heavy atom. The van der Waals surface area contributed by atoms with Gasteiger partial charge in [0, 0.05) is 12.5 Å². The number of nitrogens with two attached hydrogens (primary N) is 1. The van der Waals surface area contributed by atoms with Gasteiger partial charge in [-0.3, -0.25) is 0 Å². The number of anilines is 1. The molecular formula is C14H9F2N4O2S-. The first-order chi connectivity index (χ1) is 10.9. The van der Waals surface area contributed by atoms with E-state index >= 15 is 0 Å². The van der Waals surface area contributed by atoms with Crippen molar-refractivity contribution >= 4 is 33.3 Å². The molecule has 3 rings (SSSR count). The molecule has 2 heterocycles. The second-order valence-electron chi connectivity index (χ2n) is 4.56. The van der Waals surface area contributed by atoms with Crippen LogP contribution in [0.25, 0.3) is 10.3 Å². The number of nitrogen functional groups attached to an aromatic ring is 1. The maximum Gasteiger partial charge on any atom is 0.220 e. The third kappa shape index (κ3) is 3.04. The predicted octanol–water partition coefficient (Wildman–Crippen LogP) is 2.22. The standard InChI is InChI=1S/C14H10F2N4O2S/c15-6-1-3-8(12(16)13(6)18)22-10-4-2-7-14(20-10)23-11(19-7)5-9(17)21/h1-4H,5,18H2,(H2,17,21)/p-1. The quantitative estimate of drug-likeness (QED) is 0.432. The number of hydrogen-bond donors (Lipinski definition) is 2. The van der Waals surface area contributed by atoms with Crippen molar-refractivity contribution < 1.29 is 18.6 Å². The molecule has 0 atom stereocenters. The first kappa shape index (κ1) is 15.1. The highest BCUT2D eigenvalue weighted by atomic mass is 32.1. The van der Waals surface area contributed by atoms with E-state index in [0.717, 1.165) is 23.5 Å². The molecule has 9 heteroatoms. The van der Waals surface area contributed by atoms with E-state index < -0.39 is 23.2 Å². The Morgan fingerprint density at radius 3 is 2.78 bits per heavy atom. The fourth-order valence-corrected chi connectivity index (χ4v) is 2.78. The summed E-state index contributed by atoms with van der Waals surface area (Å²) in [6.45, 7) is 0. The molecule has 3 N–H and O–H groups in total. The highest BCUT2D eigenvalue weighted by Crippen LogP contribution is 2.30. The minimum atomic E-state index is -1.00. The largest absolute Gasteiger partial charge is 0.862 e. The summed E-state index contributed by atoms with van der Waals surface area (Å²) in [6, 6.07) is 5.17. The van der Waals surface area contributed by atoms with Crippen LogP contribution < -0.4 is 15.6 Å². The zero-order chi connectivity index (χ0) is 16.6. The second kappa shape index (κ2) is 5.76. The van der Waals surface area contributed by atoms with Gasteiger partial charge in [-0.15, -0.1) is 0 Å². The number of nitrogens with zero attached hydrogens (tertiary/aromatic N) is 2. The van der Waals surface area contributed by atoms with Gasteiger partial charge in [-0.2, -0.15) is 0 Å². The van der Waals surface area contributed by atoms with Crippen LogP contribution in [0, 0.1) is 17.0 Å². The van der Waals surface area contributed by atoms with E-state index in [0.29, 0.717) is 15.4 Å². The molecule has 0 saturated carbocycles. The number of nitrogens with one attached hydrogen (secondary N) is 1. The number of thiazole rings is 1. The highest BCUT2D eigenvalue weighted by Gasteiger charge is 2.14. The highest BCUT2D eigenvalue weighted by molar-refractivity contribution is 7.18. The molecule has 0 aliphatic rings. The molecule has 1 aromatic carbocycles. The second-order valence-corrected chi connectivity index (χ2v) is 5.62. The lowest BCUT2D eigenvalue weighted by atomic mass is 10.3. The molecule has 23 heavy (non-hydrogen) atoms. The normalized spacial score (nSPS) is 10.9. The van der Waals surface area contributed by atoms with E-state index in [2.05, 4.69) is 9.97 Å². The Bertz CT molecular complexity index is 913. The SMILES string of the molecule is N=C([O-])Cc1nc2ccc(Oc3ccc(F)c(N)c3F)nc2s1. The number of rotatable bonds is 4. The molecule has 6 nitrogen and oxygen atoms in total. The van der Waals surface area contributed by atoms with Crippen molar-refractivity contribution in [1.82, 2.24) is 9.97 Å². The van der Waals surface area contributed by atoms with Crippen LogP contribution in [0.1, 0.15) is 5.01 Å². The number of ether oxygens (including phenoxy) is 1. The number of pyridine rings is 1. The number of aromatic nitrogens is 2. The van der Waals surface area contributed by atoms with Crippen molar-refractivity contribution in [1.29, 1.82) is 5.41 Å². The molecule has 0 radical (unpaired) electrons. The van der Waals surface area contributed by atoms with Gasteiger partial charge in [-0.1, -0.05) is 11.3 Å². The maximum absolute atomic E-state index is 13.8. The average molecular weight is 335 g/mol. The van der Waals surface area contributed by atoms with Gasteiger partial charge >= 0.3 is 0 Å². The van der Waals surface area contributed by atoms with E-state index in [4.69, 9.17) is 15.9 Å². The van der Waals surface area contributed by atoms with Gasteiger partial charge in [0.05, 0.1) is 0 Å². The molecule has 0 saturated heterocycles. The van der Waals surface area contributed by atoms with Crippen LogP contribution in [-0.4, -0.2) is 15.9 Å². The number of hydrogen-bond acceptors (Lipinski definition) is 7. The first-order valence-corrected chi connectivity index (χ1v) is 7.18. The summed E-state index contributed by atoms with van der Waals surface area (Å²) in [5.41, 5.74) is 5.18. The van der Waals surface area contributed by atoms with Crippen molar-refractivity contribution in [3.8, 4) is 11.6 Å². The molecule has 0 fully saturated rings. The minimum absolute atomic E-state index is 0.0785. The molecule has 0 spiro atoms. The van der Waals surface area contributed by atoms with Crippen LogP contribution in [-0.2, 0) is 6.42 Å². The topological polar surface area (TPSA) is 108 Å². The van der Waals surface area contributed by atoms with E-state index in [-0.39, 0.29) is 18.1 Å². The summed E-state index contributed by atoms with van der Waals surface area (Å²) in [5, 5.41) is 18.2. The fraction of sp³-hybridized carbons (Fsp3) is 0.0714. The van der Waals surface area contributed by atoms with Crippen molar-refractivity contribution in [3.05, 3.63) is 40.9 Å². The Morgan fingerprint density at radius 2 is 2.04 bits per heavy atom. The molecule has 2 aromatic heterocycles. The molecule has 0 aliphatic carbocycles. The Labute approximate surface area is 132 Å². The molecule has 0 unspecified atom stereocenters. The van der Waals surface area contributed by atoms with Gasteiger partial charge in [-0.25, -0.2) is 18.7 Å². The number of fused-ring (bicyclic) bond motifs is 1. The summed E-state index contributed by atoms with van der Waals surface area (Å²) >= 11 is 1.14. The van der Waals surface area contributed by atoms with Crippen LogP contribution in [0.2, 0.25) is 0 Å². The Hall–Kier alpha value is -2.81. The van der Waals surface area contributed by atoms with Gasteiger partial charge < -0.3 is 21.0 Å². The van der Waals surface area contributed by atoms with Crippen molar-refractivity contribution in [2.75, 3.05) is 5.73 Å². The first-order valence-electron chi connectivity index (χ1n) is 6.36. The Kier molecular flexibility index (Phi) is 3.78. The number of benzene rings is 1. The summed E-state index contributed by atoms with van der Waals surface area (Å²) in [4.78, 5) is 8.79. The molecule has 118 valence electrons. The van der Waals surface area contributed by atoms with Crippen LogP contribution in [0.15, 0.2) is 24.3 Å². The zero-order valence-corrected chi connectivity index (χ0v) is 12.3. The van der Waals surface area contributed by atoms with Gasteiger partial charge in [0.2, 0.25) is 5.88 Å². The Balaban J connectivity index is 1.92. The molecule has 0 aliphatic heterocycles. The third-order valence-corrected chi connectivity index (χ3v) is 3.86. The molecule has 0 amide bonds. The van der Waals surface area contributed by atoms with Crippen LogP contribution in [0.5, 0.6) is 11.6 Å². The van der Waals surface area contributed by atoms with E-state index in [1.54, 1.807) is 6.07 Å². The zero-order valence-electron chi connectivity index (χ0n) is 11.5. The smallest absolute Gasteiger partial charge is 0.220 e. The van der Waals surface area contributed by atoms with Crippen LogP contribution in [0.3, 0.4) is 0 Å². The van der Waals surface area contributed by atoms with E-state index in [9.17, 15) is 13.9 Å². The van der Waals surface area contributed by atoms with Crippen molar-refractivity contribution in [2.45, 2.75) is 6.42 Å².